The minimum absolute atomic E-state index is 0.453. The first-order valence-corrected chi connectivity index (χ1v) is 11.1. The summed E-state index contributed by atoms with van der Waals surface area (Å²) in [5.74, 6) is 6.28. The molecular weight excluding hydrogens is 300 g/mol. The van der Waals surface area contributed by atoms with Gasteiger partial charge in [-0.05, 0) is 90.8 Å². The molecule has 0 unspecified atom stereocenters. The van der Waals surface area contributed by atoms with Gasteiger partial charge in [-0.1, -0.05) is 58.8 Å². The molecule has 0 heteroatoms. The fourth-order valence-electron chi connectivity index (χ4n) is 8.29. The zero-order chi connectivity index (χ0) is 18.0. The fraction of sp³-hybridized carbons (Fsp3) is 0.840. The molecule has 0 aromatic carbocycles. The van der Waals surface area contributed by atoms with Crippen LogP contribution in [0.3, 0.4) is 0 Å². The standard InChI is InChI=1S/C25H40/c1-7-17(3)20-8-9-21-23-18(4)15-19-14-16(2)10-12-24(19,5)22(23)11-13-25(20,21)6/h7-8,16-19,21-23H,1,9-15H2,2-6H3/t16-,17-,18-,19+,21+,22+,23+,24+,25-/m1/s1. The summed E-state index contributed by atoms with van der Waals surface area (Å²) >= 11 is 0. The van der Waals surface area contributed by atoms with Crippen molar-refractivity contribution in [3.05, 3.63) is 24.3 Å². The molecule has 4 aliphatic carbocycles. The van der Waals surface area contributed by atoms with Crippen LogP contribution in [0.15, 0.2) is 24.3 Å². The van der Waals surface area contributed by atoms with Gasteiger partial charge in [0.1, 0.15) is 0 Å². The second-order valence-corrected chi connectivity index (χ2v) is 11.0. The van der Waals surface area contributed by atoms with Gasteiger partial charge in [-0.2, -0.15) is 0 Å². The first kappa shape index (κ1) is 17.9. The largest absolute Gasteiger partial charge is 0.102 e. The molecule has 4 rings (SSSR count). The van der Waals surface area contributed by atoms with Crippen LogP contribution < -0.4 is 0 Å². The molecule has 0 aromatic heterocycles. The van der Waals surface area contributed by atoms with E-state index in [1.807, 2.05) is 0 Å². The number of allylic oxidation sites excluding steroid dienone is 3. The molecule has 0 aliphatic heterocycles. The summed E-state index contributed by atoms with van der Waals surface area (Å²) in [5.41, 5.74) is 2.81. The summed E-state index contributed by atoms with van der Waals surface area (Å²) in [6.45, 7) is 16.9. The van der Waals surface area contributed by atoms with Gasteiger partial charge in [0, 0.05) is 0 Å². The van der Waals surface area contributed by atoms with Crippen molar-refractivity contribution in [1.82, 2.24) is 0 Å². The minimum Gasteiger partial charge on any atom is -0.102 e. The molecule has 0 heterocycles. The maximum absolute atomic E-state index is 4.10. The third-order valence-electron chi connectivity index (χ3n) is 9.77. The predicted molar refractivity (Wildman–Crippen MR) is 108 cm³/mol. The van der Waals surface area contributed by atoms with E-state index in [0.717, 1.165) is 35.5 Å². The van der Waals surface area contributed by atoms with Crippen molar-refractivity contribution in [2.75, 3.05) is 0 Å². The molecule has 4 aliphatic rings. The van der Waals surface area contributed by atoms with Crippen LogP contribution in [0.25, 0.3) is 0 Å². The fourth-order valence-corrected chi connectivity index (χ4v) is 8.29. The SMILES string of the molecule is C=C[C@@H](C)C1=CC[C@H]2[C@@H]3[C@H](C)C[C@@H]4C[C@H](C)CC[C@]4(C)[C@H]3CC[C@]12C. The summed E-state index contributed by atoms with van der Waals surface area (Å²) in [4.78, 5) is 0. The first-order chi connectivity index (χ1) is 11.8. The van der Waals surface area contributed by atoms with Gasteiger partial charge >= 0.3 is 0 Å². The molecule has 3 fully saturated rings. The lowest BCUT2D eigenvalue weighted by Gasteiger charge is -2.63. The third kappa shape index (κ3) is 2.45. The lowest BCUT2D eigenvalue weighted by atomic mass is 9.42. The smallest absolute Gasteiger partial charge is 0.00488 e. The van der Waals surface area contributed by atoms with E-state index >= 15 is 0 Å². The maximum atomic E-state index is 4.10. The molecule has 0 bridgehead atoms. The summed E-state index contributed by atoms with van der Waals surface area (Å²) in [6, 6.07) is 0. The van der Waals surface area contributed by atoms with Gasteiger partial charge in [0.25, 0.3) is 0 Å². The second-order valence-electron chi connectivity index (χ2n) is 11.0. The van der Waals surface area contributed by atoms with Crippen LogP contribution in [0.4, 0.5) is 0 Å². The van der Waals surface area contributed by atoms with Crippen molar-refractivity contribution in [3.63, 3.8) is 0 Å². The van der Waals surface area contributed by atoms with Crippen LogP contribution >= 0.6 is 0 Å². The zero-order valence-electron chi connectivity index (χ0n) is 17.4. The van der Waals surface area contributed by atoms with Gasteiger partial charge < -0.3 is 0 Å². The Hall–Kier alpha value is -0.520. The molecule has 0 nitrogen and oxygen atoms in total. The lowest BCUT2D eigenvalue weighted by molar-refractivity contribution is -0.131. The molecule has 0 radical (unpaired) electrons. The molecule has 0 N–H and O–H groups in total. The molecule has 0 saturated heterocycles. The van der Waals surface area contributed by atoms with Gasteiger partial charge in [-0.15, -0.1) is 6.58 Å². The highest BCUT2D eigenvalue weighted by molar-refractivity contribution is 5.29. The van der Waals surface area contributed by atoms with Crippen molar-refractivity contribution >= 4 is 0 Å². The predicted octanol–water partition coefficient (Wildman–Crippen LogP) is 7.27. The Kier molecular flexibility index (Phi) is 4.29. The molecule has 140 valence electrons. The van der Waals surface area contributed by atoms with E-state index in [1.165, 1.54) is 44.9 Å². The number of hydrogen-bond acceptors (Lipinski definition) is 0. The summed E-state index contributed by atoms with van der Waals surface area (Å²) in [6.07, 6.45) is 15.0. The van der Waals surface area contributed by atoms with Crippen molar-refractivity contribution in [3.8, 4) is 0 Å². The van der Waals surface area contributed by atoms with E-state index in [4.69, 9.17) is 0 Å². The van der Waals surface area contributed by atoms with E-state index in [1.54, 1.807) is 5.57 Å². The molecule has 9 atom stereocenters. The number of rotatable bonds is 2. The Bertz CT molecular complexity index is 571. The monoisotopic (exact) mass is 340 g/mol. The second kappa shape index (κ2) is 6.00. The Labute approximate surface area is 156 Å². The van der Waals surface area contributed by atoms with Crippen LogP contribution in [0.2, 0.25) is 0 Å². The zero-order valence-corrected chi connectivity index (χ0v) is 17.4. The van der Waals surface area contributed by atoms with E-state index in [0.29, 0.717) is 16.7 Å². The Morgan fingerprint density at radius 2 is 1.88 bits per heavy atom. The molecular formula is C25H40. The Balaban J connectivity index is 1.65. The van der Waals surface area contributed by atoms with Crippen molar-refractivity contribution in [2.24, 2.45) is 52.3 Å². The number of hydrogen-bond donors (Lipinski definition) is 0. The molecule has 0 spiro atoms. The van der Waals surface area contributed by atoms with Gasteiger partial charge in [0.15, 0.2) is 0 Å². The van der Waals surface area contributed by atoms with E-state index in [9.17, 15) is 0 Å². The minimum atomic E-state index is 0.453. The van der Waals surface area contributed by atoms with Crippen LogP contribution in [-0.2, 0) is 0 Å². The first-order valence-electron chi connectivity index (χ1n) is 11.1. The molecule has 0 amide bonds. The highest BCUT2D eigenvalue weighted by Gasteiger charge is 2.60. The molecule has 3 saturated carbocycles. The summed E-state index contributed by atoms with van der Waals surface area (Å²) in [5, 5.41) is 0. The summed E-state index contributed by atoms with van der Waals surface area (Å²) in [7, 11) is 0. The lowest BCUT2D eigenvalue weighted by Crippen LogP contribution is -2.55. The van der Waals surface area contributed by atoms with E-state index in [-0.39, 0.29) is 0 Å². The van der Waals surface area contributed by atoms with E-state index in [2.05, 4.69) is 53.3 Å². The normalized spacial score (nSPS) is 53.2. The highest BCUT2D eigenvalue weighted by Crippen LogP contribution is 2.68. The highest BCUT2D eigenvalue weighted by atomic mass is 14.6. The Morgan fingerprint density at radius 1 is 1.12 bits per heavy atom. The topological polar surface area (TPSA) is 0 Å². The van der Waals surface area contributed by atoms with E-state index < -0.39 is 0 Å². The van der Waals surface area contributed by atoms with Gasteiger partial charge in [0.2, 0.25) is 0 Å². The van der Waals surface area contributed by atoms with Gasteiger partial charge in [-0.25, -0.2) is 0 Å². The molecule has 0 aromatic rings. The van der Waals surface area contributed by atoms with Crippen LogP contribution in [0, 0.1) is 52.3 Å². The van der Waals surface area contributed by atoms with Gasteiger partial charge in [0.05, 0.1) is 0 Å². The maximum Gasteiger partial charge on any atom is -0.00488 e. The van der Waals surface area contributed by atoms with Crippen LogP contribution in [0.1, 0.15) is 79.6 Å². The average molecular weight is 341 g/mol. The summed E-state index contributed by atoms with van der Waals surface area (Å²) < 4.78 is 0. The van der Waals surface area contributed by atoms with Crippen molar-refractivity contribution in [2.45, 2.75) is 79.6 Å². The average Bonchev–Trinajstić information content (AvgIpc) is 2.93. The quantitative estimate of drug-likeness (QED) is 0.464. The van der Waals surface area contributed by atoms with Crippen molar-refractivity contribution in [1.29, 1.82) is 0 Å². The van der Waals surface area contributed by atoms with Crippen molar-refractivity contribution < 1.29 is 0 Å². The van der Waals surface area contributed by atoms with Gasteiger partial charge in [-0.3, -0.25) is 0 Å². The Morgan fingerprint density at radius 3 is 2.60 bits per heavy atom. The number of fused-ring (bicyclic) bond motifs is 5. The van der Waals surface area contributed by atoms with Crippen LogP contribution in [0.5, 0.6) is 0 Å². The third-order valence-corrected chi connectivity index (χ3v) is 9.77. The van der Waals surface area contributed by atoms with Crippen LogP contribution in [-0.4, -0.2) is 0 Å². The molecule has 25 heavy (non-hydrogen) atoms.